The number of rotatable bonds is 4. The molecule has 18 heavy (non-hydrogen) atoms. The van der Waals surface area contributed by atoms with Crippen molar-refractivity contribution in [2.24, 2.45) is 0 Å². The summed E-state index contributed by atoms with van der Waals surface area (Å²) in [7, 11) is 1.60. The minimum absolute atomic E-state index is 0.214. The van der Waals surface area contributed by atoms with Crippen molar-refractivity contribution in [3.8, 4) is 17.2 Å². The summed E-state index contributed by atoms with van der Waals surface area (Å²) in [4.78, 5) is 0. The van der Waals surface area contributed by atoms with Gasteiger partial charge in [-0.15, -0.1) is 0 Å². The number of nitrogens with two attached hydrogens (primary N) is 1. The predicted molar refractivity (Wildman–Crippen MR) is 69.8 cm³/mol. The first kappa shape index (κ1) is 12.1. The molecule has 0 aliphatic carbocycles. The maximum absolute atomic E-state index is 9.15. The lowest BCUT2D eigenvalue weighted by Crippen LogP contribution is -2.00. The van der Waals surface area contributed by atoms with E-state index in [1.165, 1.54) is 0 Å². The molecule has 3 N–H and O–H groups in total. The zero-order valence-corrected chi connectivity index (χ0v) is 10.1. The van der Waals surface area contributed by atoms with Gasteiger partial charge in [0.1, 0.15) is 23.9 Å². The smallest absolute Gasteiger partial charge is 0.120 e. The van der Waals surface area contributed by atoms with Crippen LogP contribution in [0.2, 0.25) is 0 Å². The van der Waals surface area contributed by atoms with E-state index in [2.05, 4.69) is 0 Å². The van der Waals surface area contributed by atoms with E-state index >= 15 is 0 Å². The Bertz CT molecular complexity index is 523. The van der Waals surface area contributed by atoms with Gasteiger partial charge >= 0.3 is 0 Å². The molecule has 4 heteroatoms. The molecule has 0 aliphatic rings. The third-order valence-corrected chi connectivity index (χ3v) is 2.58. The number of phenols is 1. The first-order valence-corrected chi connectivity index (χ1v) is 5.53. The maximum Gasteiger partial charge on any atom is 0.120 e. The van der Waals surface area contributed by atoms with Crippen LogP contribution in [-0.4, -0.2) is 12.2 Å². The molecule has 0 spiro atoms. The zero-order valence-electron chi connectivity index (χ0n) is 10.1. The minimum atomic E-state index is 0.214. The lowest BCUT2D eigenvalue weighted by molar-refractivity contribution is 0.306. The molecule has 0 saturated carbocycles. The molecule has 4 nitrogen and oxygen atoms in total. The summed E-state index contributed by atoms with van der Waals surface area (Å²) in [5, 5.41) is 9.15. The van der Waals surface area contributed by atoms with Crippen LogP contribution in [0.1, 0.15) is 5.56 Å². The van der Waals surface area contributed by atoms with Gasteiger partial charge in [-0.25, -0.2) is 0 Å². The van der Waals surface area contributed by atoms with Crippen molar-refractivity contribution in [2.45, 2.75) is 6.61 Å². The first-order valence-electron chi connectivity index (χ1n) is 5.53. The molecule has 0 atom stereocenters. The van der Waals surface area contributed by atoms with Crippen LogP contribution in [0.25, 0.3) is 0 Å². The highest BCUT2D eigenvalue weighted by Crippen LogP contribution is 2.22. The van der Waals surface area contributed by atoms with Gasteiger partial charge in [-0.3, -0.25) is 0 Å². The highest BCUT2D eigenvalue weighted by molar-refractivity contribution is 5.51. The van der Waals surface area contributed by atoms with Gasteiger partial charge in [0, 0.05) is 17.3 Å². The average Bonchev–Trinajstić information content (AvgIpc) is 2.39. The van der Waals surface area contributed by atoms with Crippen molar-refractivity contribution in [3.63, 3.8) is 0 Å². The van der Waals surface area contributed by atoms with E-state index in [0.29, 0.717) is 18.0 Å². The first-order chi connectivity index (χ1) is 8.69. The lowest BCUT2D eigenvalue weighted by atomic mass is 10.2. The van der Waals surface area contributed by atoms with Crippen LogP contribution in [0.15, 0.2) is 42.5 Å². The van der Waals surface area contributed by atoms with Crippen LogP contribution >= 0.6 is 0 Å². The van der Waals surface area contributed by atoms with Crippen LogP contribution in [0, 0.1) is 0 Å². The molecule has 2 aromatic rings. The molecule has 94 valence electrons. The quantitative estimate of drug-likeness (QED) is 0.812. The molecule has 0 heterocycles. The summed E-state index contributed by atoms with van der Waals surface area (Å²) >= 11 is 0. The monoisotopic (exact) mass is 245 g/mol. The zero-order chi connectivity index (χ0) is 13.0. The van der Waals surface area contributed by atoms with Gasteiger partial charge in [0.05, 0.1) is 7.11 Å². The fraction of sp³-hybridized carbons (Fsp3) is 0.143. The molecule has 0 fully saturated rings. The summed E-state index contributed by atoms with van der Waals surface area (Å²) in [6, 6.07) is 12.0. The van der Waals surface area contributed by atoms with Crippen molar-refractivity contribution in [1.82, 2.24) is 0 Å². The third-order valence-electron chi connectivity index (χ3n) is 2.58. The van der Waals surface area contributed by atoms with Gasteiger partial charge in [0.15, 0.2) is 0 Å². The Kier molecular flexibility index (Phi) is 3.57. The van der Waals surface area contributed by atoms with Gasteiger partial charge < -0.3 is 20.3 Å². The van der Waals surface area contributed by atoms with Crippen LogP contribution in [0.3, 0.4) is 0 Å². The number of anilines is 1. The Hall–Kier alpha value is -2.36. The lowest BCUT2D eigenvalue weighted by Gasteiger charge is -2.09. The molecule has 0 amide bonds. The summed E-state index contributed by atoms with van der Waals surface area (Å²) in [5.41, 5.74) is 7.41. The Morgan fingerprint density at radius 2 is 1.72 bits per heavy atom. The van der Waals surface area contributed by atoms with E-state index < -0.39 is 0 Å². The Labute approximate surface area is 106 Å². The second kappa shape index (κ2) is 5.31. The Morgan fingerprint density at radius 1 is 1.06 bits per heavy atom. The van der Waals surface area contributed by atoms with Crippen LogP contribution in [0.5, 0.6) is 17.2 Å². The summed E-state index contributed by atoms with van der Waals surface area (Å²) < 4.78 is 10.6. The number of benzene rings is 2. The average molecular weight is 245 g/mol. The normalized spacial score (nSPS) is 10.1. The van der Waals surface area contributed by atoms with Gasteiger partial charge in [-0.1, -0.05) is 0 Å². The molecule has 0 aliphatic heterocycles. The van der Waals surface area contributed by atoms with Crippen molar-refractivity contribution in [3.05, 3.63) is 48.0 Å². The summed E-state index contributed by atoms with van der Waals surface area (Å²) in [5.74, 6) is 1.62. The number of phenolic OH excluding ortho intramolecular Hbond substituents is 1. The molecule has 0 saturated heterocycles. The summed E-state index contributed by atoms with van der Waals surface area (Å²) in [6.07, 6.45) is 0. The topological polar surface area (TPSA) is 64.7 Å². The van der Waals surface area contributed by atoms with Crippen LogP contribution in [-0.2, 0) is 6.61 Å². The van der Waals surface area contributed by atoms with E-state index in [9.17, 15) is 0 Å². The van der Waals surface area contributed by atoms with Gasteiger partial charge in [0.2, 0.25) is 0 Å². The molecule has 0 bridgehead atoms. The van der Waals surface area contributed by atoms with E-state index in [1.54, 1.807) is 37.4 Å². The Morgan fingerprint density at radius 3 is 2.33 bits per heavy atom. The molecular weight excluding hydrogens is 230 g/mol. The van der Waals surface area contributed by atoms with E-state index in [1.807, 2.05) is 12.1 Å². The van der Waals surface area contributed by atoms with Crippen molar-refractivity contribution in [1.29, 1.82) is 0 Å². The SMILES string of the molecule is COc1ccc(COc2ccc(O)cc2)c(N)c1. The summed E-state index contributed by atoms with van der Waals surface area (Å²) in [6.45, 7) is 0.376. The van der Waals surface area contributed by atoms with E-state index in [0.717, 1.165) is 11.3 Å². The number of ether oxygens (including phenoxy) is 2. The van der Waals surface area contributed by atoms with E-state index in [-0.39, 0.29) is 5.75 Å². The Balaban J connectivity index is 2.04. The van der Waals surface area contributed by atoms with Crippen LogP contribution < -0.4 is 15.2 Å². The second-order valence-electron chi connectivity index (χ2n) is 3.85. The fourth-order valence-electron chi connectivity index (χ4n) is 1.53. The number of nitrogen functional groups attached to an aromatic ring is 1. The molecule has 0 unspecified atom stereocenters. The van der Waals surface area contributed by atoms with Crippen molar-refractivity contribution in [2.75, 3.05) is 12.8 Å². The number of hydrogen-bond acceptors (Lipinski definition) is 4. The second-order valence-corrected chi connectivity index (χ2v) is 3.85. The minimum Gasteiger partial charge on any atom is -0.508 e. The standard InChI is InChI=1S/C14H15NO3/c1-17-13-5-2-10(14(15)8-13)9-18-12-6-3-11(16)4-7-12/h2-8,16H,9,15H2,1H3. The van der Waals surface area contributed by atoms with E-state index in [4.69, 9.17) is 20.3 Å². The van der Waals surface area contributed by atoms with Gasteiger partial charge in [-0.05, 0) is 36.4 Å². The molecule has 2 rings (SSSR count). The van der Waals surface area contributed by atoms with Gasteiger partial charge in [0.25, 0.3) is 0 Å². The molecule has 0 radical (unpaired) electrons. The highest BCUT2D eigenvalue weighted by Gasteiger charge is 2.02. The molecule has 0 aromatic heterocycles. The van der Waals surface area contributed by atoms with Crippen LogP contribution in [0.4, 0.5) is 5.69 Å². The van der Waals surface area contributed by atoms with Gasteiger partial charge in [-0.2, -0.15) is 0 Å². The fourth-order valence-corrected chi connectivity index (χ4v) is 1.53. The number of hydrogen-bond donors (Lipinski definition) is 2. The van der Waals surface area contributed by atoms with Crippen molar-refractivity contribution < 1.29 is 14.6 Å². The highest BCUT2D eigenvalue weighted by atomic mass is 16.5. The number of aromatic hydroxyl groups is 1. The molecular formula is C14H15NO3. The maximum atomic E-state index is 9.15. The largest absolute Gasteiger partial charge is 0.508 e. The third kappa shape index (κ3) is 2.85. The molecule has 2 aromatic carbocycles. The van der Waals surface area contributed by atoms with Crippen molar-refractivity contribution >= 4 is 5.69 Å². The number of methoxy groups -OCH3 is 1. The predicted octanol–water partition coefficient (Wildman–Crippen LogP) is 2.56.